The lowest BCUT2D eigenvalue weighted by molar-refractivity contribution is -0.147. The summed E-state index contributed by atoms with van der Waals surface area (Å²) < 4.78 is 5.24. The van der Waals surface area contributed by atoms with Gasteiger partial charge in [-0.25, -0.2) is 4.79 Å². The largest absolute Gasteiger partial charge is 0.508 e. The molecule has 1 aromatic carbocycles. The minimum absolute atomic E-state index is 0.165. The lowest BCUT2D eigenvalue weighted by Gasteiger charge is -2.17. The highest BCUT2D eigenvalue weighted by atomic mass is 16.5. The molecule has 0 aliphatic rings. The molecule has 0 saturated carbocycles. The van der Waals surface area contributed by atoms with Crippen LogP contribution in [0.15, 0.2) is 24.3 Å². The number of hydrogen-bond acceptors (Lipinski definition) is 4. The molecule has 22 heavy (non-hydrogen) atoms. The quantitative estimate of drug-likeness (QED) is 0.543. The topological polar surface area (TPSA) is 75.6 Å². The Morgan fingerprint density at radius 2 is 1.86 bits per heavy atom. The molecule has 1 rings (SSSR count). The van der Waals surface area contributed by atoms with Gasteiger partial charge in [-0.3, -0.25) is 4.79 Å². The Kier molecular flexibility index (Phi) is 8.04. The number of ether oxygens (including phenoxy) is 1. The molecule has 2 N–H and O–H groups in total. The highest BCUT2D eigenvalue weighted by Gasteiger charge is 2.21. The third-order valence-corrected chi connectivity index (χ3v) is 3.28. The number of carbonyl (C=O) groups excluding carboxylic acids is 2. The second-order valence-electron chi connectivity index (χ2n) is 5.35. The van der Waals surface area contributed by atoms with Crippen molar-refractivity contribution in [3.05, 3.63) is 29.8 Å². The minimum Gasteiger partial charge on any atom is -0.508 e. The molecule has 0 aromatic heterocycles. The van der Waals surface area contributed by atoms with E-state index >= 15 is 0 Å². The second kappa shape index (κ2) is 9.82. The Bertz CT molecular complexity index is 470. The van der Waals surface area contributed by atoms with Crippen LogP contribution in [0.4, 0.5) is 0 Å². The highest BCUT2D eigenvalue weighted by molar-refractivity contribution is 5.83. The first-order chi connectivity index (χ1) is 10.5. The predicted molar refractivity (Wildman–Crippen MR) is 84.5 cm³/mol. The van der Waals surface area contributed by atoms with Crippen LogP contribution in [0.5, 0.6) is 5.75 Å². The van der Waals surface area contributed by atoms with Gasteiger partial charge in [0.1, 0.15) is 11.8 Å². The molecule has 5 nitrogen and oxygen atoms in total. The van der Waals surface area contributed by atoms with Crippen molar-refractivity contribution in [2.75, 3.05) is 6.61 Å². The lowest BCUT2D eigenvalue weighted by atomic mass is 10.1. The number of aromatic hydroxyl groups is 1. The van der Waals surface area contributed by atoms with E-state index < -0.39 is 12.0 Å². The first-order valence-electron chi connectivity index (χ1n) is 7.74. The Labute approximate surface area is 131 Å². The summed E-state index contributed by atoms with van der Waals surface area (Å²) in [4.78, 5) is 23.4. The molecule has 1 aromatic rings. The molecule has 0 radical (unpaired) electrons. The number of esters is 1. The van der Waals surface area contributed by atoms with Crippen LogP contribution in [-0.2, 0) is 20.7 Å². The normalized spacial score (nSPS) is 11.7. The fraction of sp³-hybridized carbons (Fsp3) is 0.529. The number of phenolic OH excluding ortho intramolecular Hbond substituents is 1. The van der Waals surface area contributed by atoms with Gasteiger partial charge in [-0.05, 0) is 24.1 Å². The molecule has 0 aliphatic carbocycles. The third-order valence-electron chi connectivity index (χ3n) is 3.28. The number of benzene rings is 1. The van der Waals surface area contributed by atoms with Gasteiger partial charge in [0.15, 0.2) is 0 Å². The average Bonchev–Trinajstić information content (AvgIpc) is 2.48. The zero-order valence-corrected chi connectivity index (χ0v) is 13.3. The molecule has 5 heteroatoms. The molecule has 0 spiro atoms. The predicted octanol–water partition coefficient (Wildman–Crippen LogP) is 2.56. The fourth-order valence-electron chi connectivity index (χ4n) is 2.11. The Hall–Kier alpha value is -2.04. The standard InChI is InChI=1S/C17H25NO4/c1-3-4-5-6-11-22-17(21)16(18-13(2)19)12-14-7-9-15(20)10-8-14/h7-10,16,20H,3-6,11-12H2,1-2H3,(H,18,19). The molecule has 1 atom stereocenters. The molecule has 0 saturated heterocycles. The zero-order chi connectivity index (χ0) is 16.4. The summed E-state index contributed by atoms with van der Waals surface area (Å²) in [7, 11) is 0. The van der Waals surface area contributed by atoms with Crippen LogP contribution >= 0.6 is 0 Å². The van der Waals surface area contributed by atoms with Crippen molar-refractivity contribution < 1.29 is 19.4 Å². The van der Waals surface area contributed by atoms with E-state index in [4.69, 9.17) is 4.74 Å². The van der Waals surface area contributed by atoms with Crippen molar-refractivity contribution in [1.29, 1.82) is 0 Å². The van der Waals surface area contributed by atoms with Crippen LogP contribution in [-0.4, -0.2) is 29.6 Å². The van der Waals surface area contributed by atoms with Gasteiger partial charge in [0, 0.05) is 13.3 Å². The van der Waals surface area contributed by atoms with Crippen LogP contribution in [0.3, 0.4) is 0 Å². The molecular formula is C17H25NO4. The first kappa shape index (κ1) is 18.0. The molecule has 0 bridgehead atoms. The van der Waals surface area contributed by atoms with E-state index in [1.807, 2.05) is 0 Å². The van der Waals surface area contributed by atoms with Gasteiger partial charge in [-0.2, -0.15) is 0 Å². The highest BCUT2D eigenvalue weighted by Crippen LogP contribution is 2.12. The van der Waals surface area contributed by atoms with Crippen molar-refractivity contribution in [2.24, 2.45) is 0 Å². The van der Waals surface area contributed by atoms with Gasteiger partial charge < -0.3 is 15.2 Å². The van der Waals surface area contributed by atoms with Crippen molar-refractivity contribution in [2.45, 2.75) is 52.0 Å². The summed E-state index contributed by atoms with van der Waals surface area (Å²) in [5.74, 6) is -0.523. The maximum absolute atomic E-state index is 12.1. The van der Waals surface area contributed by atoms with E-state index in [2.05, 4.69) is 12.2 Å². The van der Waals surface area contributed by atoms with Gasteiger partial charge in [0.2, 0.25) is 5.91 Å². The first-order valence-corrected chi connectivity index (χ1v) is 7.74. The number of nitrogens with one attached hydrogen (secondary N) is 1. The summed E-state index contributed by atoms with van der Waals surface area (Å²) in [6, 6.07) is 5.84. The Morgan fingerprint density at radius 1 is 1.18 bits per heavy atom. The van der Waals surface area contributed by atoms with E-state index in [9.17, 15) is 14.7 Å². The van der Waals surface area contributed by atoms with E-state index in [1.54, 1.807) is 24.3 Å². The molecule has 0 aliphatic heterocycles. The van der Waals surface area contributed by atoms with Gasteiger partial charge in [-0.1, -0.05) is 38.3 Å². The Morgan fingerprint density at radius 3 is 2.45 bits per heavy atom. The van der Waals surface area contributed by atoms with Crippen LogP contribution in [0.1, 0.15) is 45.1 Å². The number of unbranched alkanes of at least 4 members (excludes halogenated alkanes) is 3. The molecule has 1 unspecified atom stereocenters. The van der Waals surface area contributed by atoms with E-state index in [1.165, 1.54) is 6.92 Å². The average molecular weight is 307 g/mol. The molecule has 0 fully saturated rings. The van der Waals surface area contributed by atoms with Crippen molar-refractivity contribution in [1.82, 2.24) is 5.32 Å². The number of carbonyl (C=O) groups is 2. The van der Waals surface area contributed by atoms with E-state index in [0.29, 0.717) is 13.0 Å². The zero-order valence-electron chi connectivity index (χ0n) is 13.3. The van der Waals surface area contributed by atoms with Crippen molar-refractivity contribution in [3.8, 4) is 5.75 Å². The lowest BCUT2D eigenvalue weighted by Crippen LogP contribution is -2.42. The molecule has 0 heterocycles. The number of phenols is 1. The van der Waals surface area contributed by atoms with Crippen LogP contribution in [0.25, 0.3) is 0 Å². The van der Waals surface area contributed by atoms with Crippen LogP contribution < -0.4 is 5.32 Å². The van der Waals surface area contributed by atoms with Crippen LogP contribution in [0.2, 0.25) is 0 Å². The Balaban J connectivity index is 2.53. The number of amides is 1. The smallest absolute Gasteiger partial charge is 0.328 e. The van der Waals surface area contributed by atoms with Gasteiger partial charge in [-0.15, -0.1) is 0 Å². The van der Waals surface area contributed by atoms with E-state index in [0.717, 1.165) is 31.2 Å². The SMILES string of the molecule is CCCCCCOC(=O)C(Cc1ccc(O)cc1)NC(C)=O. The molecule has 1 amide bonds. The third kappa shape index (κ3) is 7.11. The maximum atomic E-state index is 12.1. The van der Waals surface area contributed by atoms with Gasteiger partial charge in [0.05, 0.1) is 6.61 Å². The summed E-state index contributed by atoms with van der Waals surface area (Å²) in [6.45, 7) is 3.87. The summed E-state index contributed by atoms with van der Waals surface area (Å²) in [5.41, 5.74) is 0.847. The molecule has 122 valence electrons. The van der Waals surface area contributed by atoms with Crippen LogP contribution in [0, 0.1) is 0 Å². The number of rotatable bonds is 9. The summed E-state index contributed by atoms with van der Waals surface area (Å²) in [5, 5.41) is 11.9. The summed E-state index contributed by atoms with van der Waals surface area (Å²) >= 11 is 0. The van der Waals surface area contributed by atoms with Crippen molar-refractivity contribution in [3.63, 3.8) is 0 Å². The monoisotopic (exact) mass is 307 g/mol. The number of hydrogen-bond donors (Lipinski definition) is 2. The van der Waals surface area contributed by atoms with Gasteiger partial charge in [0.25, 0.3) is 0 Å². The summed E-state index contributed by atoms with van der Waals surface area (Å²) in [6.07, 6.45) is 4.47. The van der Waals surface area contributed by atoms with Crippen molar-refractivity contribution >= 4 is 11.9 Å². The van der Waals surface area contributed by atoms with Gasteiger partial charge >= 0.3 is 5.97 Å². The molecular weight excluding hydrogens is 282 g/mol. The fourth-order valence-corrected chi connectivity index (χ4v) is 2.11. The van der Waals surface area contributed by atoms with E-state index in [-0.39, 0.29) is 11.7 Å². The maximum Gasteiger partial charge on any atom is 0.328 e. The minimum atomic E-state index is -0.701. The second-order valence-corrected chi connectivity index (χ2v) is 5.35.